The standard InChI is InChI=1S/C24H27F3N6O3/c1-3-28-21(34)17-7-8-19(20(29-17)24(25,26)27)32-11-9-31(10-12-32)14-15-5-6-16-18(13-15)30-23(36)33(4-2)22(16)35/h5-8,13H,3-4,9-12,14H2,1-2H3,(H,28,34)(H,30,36). The van der Waals surface area contributed by atoms with E-state index < -0.39 is 23.5 Å². The van der Waals surface area contributed by atoms with Crippen molar-refractivity contribution in [2.24, 2.45) is 0 Å². The van der Waals surface area contributed by atoms with Crippen LogP contribution in [0.15, 0.2) is 39.9 Å². The average molecular weight is 505 g/mol. The minimum absolute atomic E-state index is 0.0503. The van der Waals surface area contributed by atoms with Crippen molar-refractivity contribution >= 4 is 22.5 Å². The van der Waals surface area contributed by atoms with E-state index >= 15 is 0 Å². The molecule has 0 aliphatic carbocycles. The summed E-state index contributed by atoms with van der Waals surface area (Å²) in [5.74, 6) is -0.648. The lowest BCUT2D eigenvalue weighted by Gasteiger charge is -2.37. The number of nitrogens with zero attached hydrogens (tertiary/aromatic N) is 4. The Morgan fingerprint density at radius 1 is 1.08 bits per heavy atom. The van der Waals surface area contributed by atoms with Gasteiger partial charge in [0, 0.05) is 45.8 Å². The van der Waals surface area contributed by atoms with E-state index in [0.29, 0.717) is 43.6 Å². The van der Waals surface area contributed by atoms with Crippen LogP contribution in [0.25, 0.3) is 10.9 Å². The number of aromatic amines is 1. The van der Waals surface area contributed by atoms with Crippen LogP contribution in [-0.2, 0) is 19.3 Å². The molecule has 3 heterocycles. The van der Waals surface area contributed by atoms with Crippen molar-refractivity contribution in [3.63, 3.8) is 0 Å². The number of aromatic nitrogens is 3. The lowest BCUT2D eigenvalue weighted by atomic mass is 10.1. The molecule has 1 aromatic carbocycles. The monoisotopic (exact) mass is 504 g/mol. The first-order valence-electron chi connectivity index (χ1n) is 11.7. The van der Waals surface area contributed by atoms with Gasteiger partial charge in [0.1, 0.15) is 5.69 Å². The van der Waals surface area contributed by atoms with Crippen LogP contribution < -0.4 is 21.5 Å². The highest BCUT2D eigenvalue weighted by atomic mass is 19.4. The summed E-state index contributed by atoms with van der Waals surface area (Å²) >= 11 is 0. The van der Waals surface area contributed by atoms with Gasteiger partial charge in [0.2, 0.25) is 0 Å². The summed E-state index contributed by atoms with van der Waals surface area (Å²) in [7, 11) is 0. The first kappa shape index (κ1) is 25.4. The highest BCUT2D eigenvalue weighted by Crippen LogP contribution is 2.35. The fraction of sp³-hybridized carbons (Fsp3) is 0.417. The molecule has 1 saturated heterocycles. The molecule has 1 fully saturated rings. The third-order valence-corrected chi connectivity index (χ3v) is 6.19. The maximum atomic E-state index is 13.7. The summed E-state index contributed by atoms with van der Waals surface area (Å²) < 4.78 is 42.4. The predicted molar refractivity (Wildman–Crippen MR) is 129 cm³/mol. The Bertz CT molecular complexity index is 1390. The number of hydrogen-bond donors (Lipinski definition) is 2. The molecule has 0 spiro atoms. The van der Waals surface area contributed by atoms with Gasteiger partial charge in [-0.25, -0.2) is 9.78 Å². The molecule has 0 radical (unpaired) electrons. The van der Waals surface area contributed by atoms with Gasteiger partial charge in [-0.1, -0.05) is 6.07 Å². The number of amides is 1. The second-order valence-electron chi connectivity index (χ2n) is 8.54. The summed E-state index contributed by atoms with van der Waals surface area (Å²) in [5, 5.41) is 2.89. The summed E-state index contributed by atoms with van der Waals surface area (Å²) in [6.07, 6.45) is -4.70. The molecule has 1 amide bonds. The smallest absolute Gasteiger partial charge is 0.367 e. The van der Waals surface area contributed by atoms with Crippen molar-refractivity contribution in [2.45, 2.75) is 33.1 Å². The van der Waals surface area contributed by atoms with Crippen molar-refractivity contribution in [1.82, 2.24) is 24.8 Å². The Morgan fingerprint density at radius 3 is 2.44 bits per heavy atom. The number of hydrogen-bond acceptors (Lipinski definition) is 6. The summed E-state index contributed by atoms with van der Waals surface area (Å²) in [4.78, 5) is 46.7. The molecule has 3 aromatic rings. The first-order valence-corrected chi connectivity index (χ1v) is 11.7. The van der Waals surface area contributed by atoms with Crippen molar-refractivity contribution in [3.05, 3.63) is 68.1 Å². The Hall–Kier alpha value is -3.67. The molecule has 0 bridgehead atoms. The van der Waals surface area contributed by atoms with Gasteiger partial charge in [0.05, 0.1) is 16.6 Å². The third-order valence-electron chi connectivity index (χ3n) is 6.19. The highest BCUT2D eigenvalue weighted by molar-refractivity contribution is 5.92. The number of H-pyrrole nitrogens is 1. The molecule has 36 heavy (non-hydrogen) atoms. The molecule has 12 heteroatoms. The van der Waals surface area contributed by atoms with Crippen molar-refractivity contribution in [3.8, 4) is 0 Å². The molecule has 2 N–H and O–H groups in total. The Balaban J connectivity index is 1.49. The van der Waals surface area contributed by atoms with Gasteiger partial charge in [-0.3, -0.25) is 19.1 Å². The number of alkyl halides is 3. The molecule has 192 valence electrons. The minimum atomic E-state index is -4.70. The van der Waals surface area contributed by atoms with Crippen molar-refractivity contribution < 1.29 is 18.0 Å². The van der Waals surface area contributed by atoms with E-state index in [4.69, 9.17) is 0 Å². The Morgan fingerprint density at radius 2 is 1.81 bits per heavy atom. The van der Waals surface area contributed by atoms with Crippen LogP contribution in [-0.4, -0.2) is 58.1 Å². The zero-order valence-electron chi connectivity index (χ0n) is 20.0. The number of nitrogens with one attached hydrogen (secondary N) is 2. The molecule has 0 unspecified atom stereocenters. The quantitative estimate of drug-likeness (QED) is 0.534. The number of carbonyl (C=O) groups is 1. The normalized spacial score (nSPS) is 14.9. The van der Waals surface area contributed by atoms with E-state index in [-0.39, 0.29) is 30.0 Å². The highest BCUT2D eigenvalue weighted by Gasteiger charge is 2.38. The lowest BCUT2D eigenvalue weighted by Crippen LogP contribution is -2.46. The SMILES string of the molecule is CCNC(=O)c1ccc(N2CCN(Cc3ccc4c(=O)n(CC)c(=O)[nH]c4c3)CC2)c(C(F)(F)F)n1. The van der Waals surface area contributed by atoms with E-state index in [1.54, 1.807) is 30.9 Å². The van der Waals surface area contributed by atoms with Crippen molar-refractivity contribution in [1.29, 1.82) is 0 Å². The summed E-state index contributed by atoms with van der Waals surface area (Å²) in [6, 6.07) is 7.88. The molecule has 4 rings (SSSR count). The molecule has 0 atom stereocenters. The zero-order valence-corrected chi connectivity index (χ0v) is 20.0. The van der Waals surface area contributed by atoms with E-state index in [0.717, 1.165) is 10.1 Å². The van der Waals surface area contributed by atoms with Crippen LogP contribution >= 0.6 is 0 Å². The van der Waals surface area contributed by atoms with Gasteiger partial charge in [-0.15, -0.1) is 0 Å². The second kappa shape index (κ2) is 10.1. The molecule has 2 aromatic heterocycles. The second-order valence-corrected chi connectivity index (χ2v) is 8.54. The average Bonchev–Trinajstić information content (AvgIpc) is 2.84. The number of piperazine rings is 1. The van der Waals surface area contributed by atoms with Crippen LogP contribution in [0, 0.1) is 0 Å². The van der Waals surface area contributed by atoms with Gasteiger partial charge in [0.25, 0.3) is 11.5 Å². The molecule has 1 aliphatic heterocycles. The van der Waals surface area contributed by atoms with Gasteiger partial charge in [0.15, 0.2) is 5.69 Å². The fourth-order valence-electron chi connectivity index (χ4n) is 4.39. The van der Waals surface area contributed by atoms with E-state index in [9.17, 15) is 27.6 Å². The number of pyridine rings is 1. The Labute approximate surface area is 204 Å². The zero-order chi connectivity index (χ0) is 26.0. The summed E-state index contributed by atoms with van der Waals surface area (Å²) in [5.41, 5.74) is -0.868. The maximum Gasteiger partial charge on any atom is 0.435 e. The number of anilines is 1. The number of carbonyl (C=O) groups excluding carboxylic acids is 1. The predicted octanol–water partition coefficient (Wildman–Crippen LogP) is 2.20. The van der Waals surface area contributed by atoms with Gasteiger partial charge >= 0.3 is 11.9 Å². The third kappa shape index (κ3) is 5.13. The first-order chi connectivity index (χ1) is 17.1. The van der Waals surface area contributed by atoms with Gasteiger partial charge in [-0.05, 0) is 43.7 Å². The fourth-order valence-corrected chi connectivity index (χ4v) is 4.39. The number of rotatable bonds is 6. The molecular formula is C24H27F3N6O3. The van der Waals surface area contributed by atoms with Crippen molar-refractivity contribution in [2.75, 3.05) is 37.6 Å². The Kier molecular flexibility index (Phi) is 7.16. The van der Waals surface area contributed by atoms with Gasteiger partial charge < -0.3 is 15.2 Å². The van der Waals surface area contributed by atoms with E-state index in [2.05, 4.69) is 20.2 Å². The topological polar surface area (TPSA) is 103 Å². The van der Waals surface area contributed by atoms with E-state index in [1.165, 1.54) is 12.1 Å². The lowest BCUT2D eigenvalue weighted by molar-refractivity contribution is -0.140. The number of fused-ring (bicyclic) bond motifs is 1. The summed E-state index contributed by atoms with van der Waals surface area (Å²) in [6.45, 7) is 6.17. The van der Waals surface area contributed by atoms with Crippen LogP contribution in [0.4, 0.5) is 18.9 Å². The minimum Gasteiger partial charge on any atom is -0.367 e. The molecule has 1 aliphatic rings. The van der Waals surface area contributed by atoms with Crippen LogP contribution in [0.2, 0.25) is 0 Å². The molecular weight excluding hydrogens is 477 g/mol. The molecule has 0 saturated carbocycles. The van der Waals surface area contributed by atoms with Gasteiger partial charge in [-0.2, -0.15) is 13.2 Å². The molecule has 9 nitrogen and oxygen atoms in total. The largest absolute Gasteiger partial charge is 0.435 e. The van der Waals surface area contributed by atoms with Crippen LogP contribution in [0.1, 0.15) is 35.6 Å². The van der Waals surface area contributed by atoms with Crippen LogP contribution in [0.5, 0.6) is 0 Å². The number of benzene rings is 1. The number of halogens is 3. The van der Waals surface area contributed by atoms with Crippen LogP contribution in [0.3, 0.4) is 0 Å². The van der Waals surface area contributed by atoms with E-state index in [1.807, 2.05) is 6.07 Å². The maximum absolute atomic E-state index is 13.7.